The van der Waals surface area contributed by atoms with Crippen molar-refractivity contribution in [2.75, 3.05) is 18.4 Å². The SMILES string of the molecule is O=C1NC(=O)c2cc(NC(=O)N3CCC(Cc4cccnc4)CC3)ccc21. The van der Waals surface area contributed by atoms with Gasteiger partial charge in [-0.2, -0.15) is 0 Å². The van der Waals surface area contributed by atoms with Crippen molar-refractivity contribution in [3.05, 3.63) is 59.4 Å². The van der Waals surface area contributed by atoms with E-state index in [1.54, 1.807) is 29.3 Å². The van der Waals surface area contributed by atoms with E-state index in [0.29, 0.717) is 35.8 Å². The van der Waals surface area contributed by atoms with Crippen LogP contribution in [0.15, 0.2) is 42.7 Å². The van der Waals surface area contributed by atoms with Crippen LogP contribution in [0.2, 0.25) is 0 Å². The number of fused-ring (bicyclic) bond motifs is 1. The summed E-state index contributed by atoms with van der Waals surface area (Å²) in [5, 5.41) is 5.07. The predicted molar refractivity (Wildman–Crippen MR) is 99.5 cm³/mol. The second-order valence-corrected chi connectivity index (χ2v) is 6.97. The molecule has 1 fully saturated rings. The highest BCUT2D eigenvalue weighted by Crippen LogP contribution is 2.23. The van der Waals surface area contributed by atoms with Crippen molar-refractivity contribution in [3.63, 3.8) is 0 Å². The standard InChI is InChI=1S/C20H20N4O3/c25-18-16-4-3-15(11-17(16)19(26)23-18)22-20(27)24-8-5-13(6-9-24)10-14-2-1-7-21-12-14/h1-4,7,11-13H,5-6,8-10H2,(H,22,27)(H,23,25,26). The zero-order valence-corrected chi connectivity index (χ0v) is 14.8. The number of imide groups is 1. The number of piperidine rings is 1. The lowest BCUT2D eigenvalue weighted by atomic mass is 9.91. The number of likely N-dealkylation sites (tertiary alicyclic amines) is 1. The number of aromatic nitrogens is 1. The maximum atomic E-state index is 12.5. The third-order valence-electron chi connectivity index (χ3n) is 5.14. The topological polar surface area (TPSA) is 91.4 Å². The van der Waals surface area contributed by atoms with Gasteiger partial charge in [0.15, 0.2) is 0 Å². The van der Waals surface area contributed by atoms with Crippen molar-refractivity contribution in [2.45, 2.75) is 19.3 Å². The monoisotopic (exact) mass is 364 g/mol. The minimum absolute atomic E-state index is 0.181. The fraction of sp³-hybridized carbons (Fsp3) is 0.300. The van der Waals surface area contributed by atoms with E-state index >= 15 is 0 Å². The lowest BCUT2D eigenvalue weighted by Crippen LogP contribution is -2.41. The van der Waals surface area contributed by atoms with Crippen LogP contribution in [0.5, 0.6) is 0 Å². The molecule has 0 unspecified atom stereocenters. The van der Waals surface area contributed by atoms with Gasteiger partial charge in [0.05, 0.1) is 11.1 Å². The Kier molecular flexibility index (Phi) is 4.58. The molecule has 0 radical (unpaired) electrons. The second kappa shape index (κ2) is 7.19. The summed E-state index contributed by atoms with van der Waals surface area (Å²) in [6.07, 6.45) is 6.55. The minimum Gasteiger partial charge on any atom is -0.325 e. The van der Waals surface area contributed by atoms with Gasteiger partial charge in [-0.3, -0.25) is 19.9 Å². The molecule has 1 aromatic carbocycles. The van der Waals surface area contributed by atoms with Crippen molar-refractivity contribution in [1.29, 1.82) is 0 Å². The first kappa shape index (κ1) is 17.2. The van der Waals surface area contributed by atoms with Crippen molar-refractivity contribution in [3.8, 4) is 0 Å². The summed E-state index contributed by atoms with van der Waals surface area (Å²) in [6.45, 7) is 1.39. The zero-order valence-electron chi connectivity index (χ0n) is 14.8. The van der Waals surface area contributed by atoms with Crippen LogP contribution in [0.3, 0.4) is 0 Å². The molecule has 27 heavy (non-hydrogen) atoms. The van der Waals surface area contributed by atoms with Crippen LogP contribution in [-0.4, -0.2) is 40.8 Å². The van der Waals surface area contributed by atoms with Crippen LogP contribution in [0.1, 0.15) is 39.1 Å². The summed E-state index contributed by atoms with van der Waals surface area (Å²) in [7, 11) is 0. The zero-order chi connectivity index (χ0) is 18.8. The van der Waals surface area contributed by atoms with Crippen molar-refractivity contribution in [1.82, 2.24) is 15.2 Å². The van der Waals surface area contributed by atoms with E-state index in [-0.39, 0.29) is 6.03 Å². The summed E-state index contributed by atoms with van der Waals surface area (Å²) in [6, 6.07) is 8.60. The number of anilines is 1. The molecule has 0 atom stereocenters. The summed E-state index contributed by atoms with van der Waals surface area (Å²) in [5.74, 6) is -0.279. The maximum Gasteiger partial charge on any atom is 0.321 e. The number of hydrogen-bond donors (Lipinski definition) is 2. The van der Waals surface area contributed by atoms with Crippen molar-refractivity contribution in [2.24, 2.45) is 5.92 Å². The van der Waals surface area contributed by atoms with E-state index in [4.69, 9.17) is 0 Å². The van der Waals surface area contributed by atoms with Crippen LogP contribution < -0.4 is 10.6 Å². The fourth-order valence-electron chi connectivity index (χ4n) is 3.64. The summed E-state index contributed by atoms with van der Waals surface area (Å²) in [5.41, 5.74) is 2.38. The number of hydrogen-bond acceptors (Lipinski definition) is 4. The molecule has 7 nitrogen and oxygen atoms in total. The summed E-state index contributed by atoms with van der Waals surface area (Å²) >= 11 is 0. The average molecular weight is 364 g/mol. The van der Waals surface area contributed by atoms with Crippen LogP contribution in [0.4, 0.5) is 10.5 Å². The smallest absolute Gasteiger partial charge is 0.321 e. The number of carbonyl (C=O) groups is 3. The van der Waals surface area contributed by atoms with Gasteiger partial charge in [0.2, 0.25) is 0 Å². The second-order valence-electron chi connectivity index (χ2n) is 6.97. The molecule has 2 aliphatic heterocycles. The van der Waals surface area contributed by atoms with Crippen LogP contribution in [0, 0.1) is 5.92 Å². The van der Waals surface area contributed by atoms with Crippen molar-refractivity contribution < 1.29 is 14.4 Å². The number of amides is 4. The van der Waals surface area contributed by atoms with Crippen LogP contribution in [-0.2, 0) is 6.42 Å². The molecule has 138 valence electrons. The number of benzene rings is 1. The van der Waals surface area contributed by atoms with Gasteiger partial charge < -0.3 is 10.2 Å². The van der Waals surface area contributed by atoms with Crippen LogP contribution >= 0.6 is 0 Å². The first-order chi connectivity index (χ1) is 13.1. The Morgan fingerprint density at radius 2 is 1.93 bits per heavy atom. The van der Waals surface area contributed by atoms with E-state index < -0.39 is 11.8 Å². The summed E-state index contributed by atoms with van der Waals surface area (Å²) in [4.78, 5) is 41.8. The highest BCUT2D eigenvalue weighted by Gasteiger charge is 2.27. The molecule has 2 aliphatic rings. The fourth-order valence-corrected chi connectivity index (χ4v) is 3.64. The first-order valence-electron chi connectivity index (χ1n) is 9.05. The lowest BCUT2D eigenvalue weighted by molar-refractivity contribution is 0.0879. The molecule has 1 saturated heterocycles. The molecule has 0 bridgehead atoms. The first-order valence-corrected chi connectivity index (χ1v) is 9.05. The molecule has 0 saturated carbocycles. The Hall–Kier alpha value is -3.22. The maximum absolute atomic E-state index is 12.5. The van der Waals surface area contributed by atoms with Gasteiger partial charge in [-0.1, -0.05) is 6.07 Å². The average Bonchev–Trinajstić information content (AvgIpc) is 2.96. The Morgan fingerprint density at radius 1 is 1.15 bits per heavy atom. The van der Waals surface area contributed by atoms with E-state index in [9.17, 15) is 14.4 Å². The number of carbonyl (C=O) groups excluding carboxylic acids is 3. The van der Waals surface area contributed by atoms with Crippen LogP contribution in [0.25, 0.3) is 0 Å². The van der Waals surface area contributed by atoms with Gasteiger partial charge in [-0.25, -0.2) is 4.79 Å². The van der Waals surface area contributed by atoms with Gasteiger partial charge >= 0.3 is 6.03 Å². The molecule has 7 heteroatoms. The molecule has 2 N–H and O–H groups in total. The molecule has 2 aromatic rings. The molecule has 3 heterocycles. The number of rotatable bonds is 3. The van der Waals surface area contributed by atoms with Gasteiger partial charge in [0, 0.05) is 31.2 Å². The van der Waals surface area contributed by atoms with E-state index in [0.717, 1.165) is 19.3 Å². The molecular weight excluding hydrogens is 344 g/mol. The molecule has 4 amide bonds. The third-order valence-corrected chi connectivity index (χ3v) is 5.14. The third kappa shape index (κ3) is 3.67. The van der Waals surface area contributed by atoms with E-state index in [1.807, 2.05) is 12.3 Å². The van der Waals surface area contributed by atoms with Gasteiger partial charge in [-0.05, 0) is 55.0 Å². The highest BCUT2D eigenvalue weighted by atomic mass is 16.2. The van der Waals surface area contributed by atoms with Crippen molar-refractivity contribution >= 4 is 23.5 Å². The summed E-state index contributed by atoms with van der Waals surface area (Å²) < 4.78 is 0. The highest BCUT2D eigenvalue weighted by molar-refractivity contribution is 6.22. The lowest BCUT2D eigenvalue weighted by Gasteiger charge is -2.32. The number of urea groups is 1. The van der Waals surface area contributed by atoms with Gasteiger partial charge in [0.25, 0.3) is 11.8 Å². The normalized spacial score (nSPS) is 16.8. The Bertz CT molecular complexity index is 889. The molecule has 4 rings (SSSR count). The van der Waals surface area contributed by atoms with Gasteiger partial charge in [-0.15, -0.1) is 0 Å². The number of pyridine rings is 1. The molecular formula is C20H20N4O3. The number of nitrogens with one attached hydrogen (secondary N) is 2. The Morgan fingerprint density at radius 3 is 2.67 bits per heavy atom. The predicted octanol–water partition coefficient (Wildman–Crippen LogP) is 2.45. The van der Waals surface area contributed by atoms with E-state index in [1.165, 1.54) is 5.56 Å². The van der Waals surface area contributed by atoms with E-state index in [2.05, 4.69) is 21.7 Å². The molecule has 1 aromatic heterocycles. The minimum atomic E-state index is -0.428. The number of nitrogens with zero attached hydrogens (tertiary/aromatic N) is 2. The Labute approximate surface area is 156 Å². The van der Waals surface area contributed by atoms with Gasteiger partial charge in [0.1, 0.15) is 0 Å². The molecule has 0 aliphatic carbocycles. The molecule has 0 spiro atoms. The quantitative estimate of drug-likeness (QED) is 0.819. The largest absolute Gasteiger partial charge is 0.325 e. The Balaban J connectivity index is 1.33.